The summed E-state index contributed by atoms with van der Waals surface area (Å²) in [6, 6.07) is 6.72. The van der Waals surface area contributed by atoms with Crippen molar-refractivity contribution in [2.45, 2.75) is 19.5 Å². The Morgan fingerprint density at radius 2 is 2.00 bits per heavy atom. The Morgan fingerprint density at radius 3 is 2.69 bits per heavy atom. The maximum absolute atomic E-state index is 15.1. The van der Waals surface area contributed by atoms with E-state index in [-0.39, 0.29) is 19.0 Å². The van der Waals surface area contributed by atoms with Gasteiger partial charge in [-0.1, -0.05) is 12.1 Å². The third-order valence-electron chi connectivity index (χ3n) is 4.90. The summed E-state index contributed by atoms with van der Waals surface area (Å²) in [4.78, 5) is 15.3. The molecule has 1 fully saturated rings. The van der Waals surface area contributed by atoms with Crippen molar-refractivity contribution >= 4 is 38.8 Å². The number of nitrogens with zero attached hydrogens (tertiary/aromatic N) is 3. The highest BCUT2D eigenvalue weighted by Gasteiger charge is 2.48. The van der Waals surface area contributed by atoms with Crippen molar-refractivity contribution in [3.63, 3.8) is 0 Å². The number of nitrogens with two attached hydrogens (primary N) is 2. The Balaban J connectivity index is 1.61. The normalized spacial score (nSPS) is 15.9. The first-order chi connectivity index (χ1) is 12.3. The van der Waals surface area contributed by atoms with E-state index in [0.29, 0.717) is 26.6 Å². The van der Waals surface area contributed by atoms with Crippen LogP contribution in [0.5, 0.6) is 0 Å². The zero-order valence-corrected chi connectivity index (χ0v) is 15.2. The van der Waals surface area contributed by atoms with E-state index >= 15 is 4.39 Å². The van der Waals surface area contributed by atoms with Crippen LogP contribution < -0.4 is 11.5 Å². The predicted octanol–water partition coefficient (Wildman–Crippen LogP) is 2.79. The molecule has 2 aromatic heterocycles. The van der Waals surface area contributed by atoms with E-state index in [1.807, 2.05) is 13.8 Å². The van der Waals surface area contributed by atoms with Crippen LogP contribution in [0.15, 0.2) is 24.3 Å². The van der Waals surface area contributed by atoms with Crippen LogP contribution in [0.2, 0.25) is 0 Å². The number of hydrogen-bond acceptors (Lipinski definition) is 6. The molecular formula is C18H18FN5OS. The predicted molar refractivity (Wildman–Crippen MR) is 101 cm³/mol. The number of benzene rings is 1. The van der Waals surface area contributed by atoms with Crippen LogP contribution in [0.25, 0.3) is 10.2 Å². The average Bonchev–Trinajstić information content (AvgIpc) is 2.92. The van der Waals surface area contributed by atoms with Gasteiger partial charge in [-0.05, 0) is 37.1 Å². The van der Waals surface area contributed by atoms with E-state index in [1.165, 1.54) is 16.2 Å². The molecule has 6 nitrogen and oxygen atoms in total. The molecule has 1 aromatic carbocycles. The Morgan fingerprint density at radius 1 is 1.27 bits per heavy atom. The number of carbonyl (C=O) groups is 1. The number of amides is 1. The lowest BCUT2D eigenvalue weighted by molar-refractivity contribution is -0.0227. The highest BCUT2D eigenvalue weighted by molar-refractivity contribution is 7.21. The topological polar surface area (TPSA) is 98.1 Å². The summed E-state index contributed by atoms with van der Waals surface area (Å²) < 4.78 is 15.1. The second kappa shape index (κ2) is 5.63. The summed E-state index contributed by atoms with van der Waals surface area (Å²) >= 11 is 1.20. The fraction of sp³-hybridized carbons (Fsp3) is 0.278. The summed E-state index contributed by atoms with van der Waals surface area (Å²) in [6.07, 6.45) is 0. The molecular weight excluding hydrogens is 353 g/mol. The molecule has 1 saturated heterocycles. The molecule has 0 atom stereocenters. The number of fused-ring (bicyclic) bond motifs is 1. The van der Waals surface area contributed by atoms with Crippen LogP contribution in [-0.4, -0.2) is 34.1 Å². The number of aryl methyl sites for hydroxylation is 2. The molecule has 0 saturated carbocycles. The minimum absolute atomic E-state index is 0.0212. The number of hydrogen-bond donors (Lipinski definition) is 2. The molecule has 1 aliphatic heterocycles. The van der Waals surface area contributed by atoms with Gasteiger partial charge in [-0.15, -0.1) is 16.4 Å². The van der Waals surface area contributed by atoms with Crippen molar-refractivity contribution < 1.29 is 9.18 Å². The van der Waals surface area contributed by atoms with Gasteiger partial charge >= 0.3 is 0 Å². The van der Waals surface area contributed by atoms with Crippen molar-refractivity contribution in [1.29, 1.82) is 0 Å². The first-order valence-electron chi connectivity index (χ1n) is 8.16. The highest BCUT2D eigenvalue weighted by atomic mass is 32.1. The van der Waals surface area contributed by atoms with Crippen molar-refractivity contribution in [2.24, 2.45) is 0 Å². The van der Waals surface area contributed by atoms with Gasteiger partial charge in [-0.3, -0.25) is 4.79 Å². The number of carbonyl (C=O) groups excluding carboxylic acids is 1. The number of nitrogen functional groups attached to an aromatic ring is 2. The maximum Gasteiger partial charge on any atom is 0.266 e. The lowest BCUT2D eigenvalue weighted by Gasteiger charge is -2.44. The molecule has 134 valence electrons. The Hall–Kier alpha value is -2.74. The largest absolute Gasteiger partial charge is 0.399 e. The smallest absolute Gasteiger partial charge is 0.266 e. The van der Waals surface area contributed by atoms with Crippen LogP contribution in [0.4, 0.5) is 15.8 Å². The van der Waals surface area contributed by atoms with Crippen LogP contribution in [0.3, 0.4) is 0 Å². The minimum Gasteiger partial charge on any atom is -0.399 e. The molecule has 4 rings (SSSR count). The van der Waals surface area contributed by atoms with E-state index < -0.39 is 5.67 Å². The Kier molecular flexibility index (Phi) is 3.62. The third kappa shape index (κ3) is 2.40. The number of rotatable bonds is 2. The molecule has 8 heteroatoms. The standard InChI is InChI=1S/C18H18FN5OS/c1-9-10(2)22-23-16-13(9)14(21)15(26-16)17(25)24-7-18(19,8-24)11-4-3-5-12(20)6-11/h3-6H,7-8,20-21H2,1-2H3. The minimum atomic E-state index is -1.58. The summed E-state index contributed by atoms with van der Waals surface area (Å²) in [7, 11) is 0. The van der Waals surface area contributed by atoms with E-state index in [4.69, 9.17) is 11.5 Å². The van der Waals surface area contributed by atoms with Crippen LogP contribution >= 0.6 is 11.3 Å². The number of halogens is 1. The molecule has 1 amide bonds. The van der Waals surface area contributed by atoms with Gasteiger partial charge in [0.05, 0.1) is 24.5 Å². The van der Waals surface area contributed by atoms with Gasteiger partial charge < -0.3 is 16.4 Å². The van der Waals surface area contributed by atoms with E-state index in [2.05, 4.69) is 10.2 Å². The second-order valence-corrected chi connectivity index (χ2v) is 7.69. The van der Waals surface area contributed by atoms with E-state index in [0.717, 1.165) is 16.6 Å². The lowest BCUT2D eigenvalue weighted by atomic mass is 9.87. The highest BCUT2D eigenvalue weighted by Crippen LogP contribution is 2.41. The summed E-state index contributed by atoms with van der Waals surface area (Å²) in [6.45, 7) is 3.71. The fourth-order valence-corrected chi connectivity index (χ4v) is 4.31. The van der Waals surface area contributed by atoms with Gasteiger partial charge in [0, 0.05) is 11.1 Å². The van der Waals surface area contributed by atoms with Crippen molar-refractivity contribution in [1.82, 2.24) is 15.1 Å². The zero-order chi connectivity index (χ0) is 18.6. The fourth-order valence-electron chi connectivity index (χ4n) is 3.25. The van der Waals surface area contributed by atoms with Crippen molar-refractivity contribution in [3.8, 4) is 0 Å². The summed E-state index contributed by atoms with van der Waals surface area (Å²) in [5.74, 6) is -0.278. The zero-order valence-electron chi connectivity index (χ0n) is 14.4. The van der Waals surface area contributed by atoms with E-state index in [1.54, 1.807) is 24.3 Å². The number of likely N-dealkylation sites (tertiary alicyclic amines) is 1. The molecule has 4 N–H and O–H groups in total. The molecule has 0 spiro atoms. The van der Waals surface area contributed by atoms with Crippen LogP contribution in [-0.2, 0) is 5.67 Å². The Bertz CT molecular complexity index is 1040. The van der Waals surface area contributed by atoms with E-state index in [9.17, 15) is 4.79 Å². The lowest BCUT2D eigenvalue weighted by Crippen LogP contribution is -2.58. The molecule has 1 aliphatic rings. The number of anilines is 2. The molecule has 26 heavy (non-hydrogen) atoms. The molecule has 3 aromatic rings. The van der Waals surface area contributed by atoms with Gasteiger partial charge in [0.2, 0.25) is 0 Å². The first kappa shape index (κ1) is 16.7. The Labute approximate surface area is 153 Å². The second-order valence-electron chi connectivity index (χ2n) is 6.69. The average molecular weight is 371 g/mol. The van der Waals surface area contributed by atoms with Crippen molar-refractivity contribution in [3.05, 3.63) is 46.0 Å². The first-order valence-corrected chi connectivity index (χ1v) is 8.98. The summed E-state index contributed by atoms with van der Waals surface area (Å²) in [5, 5.41) is 8.96. The molecule has 0 bridgehead atoms. The number of alkyl halides is 1. The SMILES string of the molecule is Cc1nnc2sc(C(=O)N3CC(F)(c4cccc(N)c4)C3)c(N)c2c1C. The van der Waals surface area contributed by atoms with Gasteiger partial charge in [-0.2, -0.15) is 5.10 Å². The third-order valence-corrected chi connectivity index (χ3v) is 5.98. The molecule has 0 aliphatic carbocycles. The number of aromatic nitrogens is 2. The summed E-state index contributed by atoms with van der Waals surface area (Å²) in [5.41, 5.74) is 13.4. The van der Waals surface area contributed by atoms with Gasteiger partial charge in [-0.25, -0.2) is 4.39 Å². The monoisotopic (exact) mass is 371 g/mol. The quantitative estimate of drug-likeness (QED) is 0.675. The maximum atomic E-state index is 15.1. The van der Waals surface area contributed by atoms with Gasteiger partial charge in [0.1, 0.15) is 9.71 Å². The number of thiophene rings is 1. The molecule has 0 unspecified atom stereocenters. The van der Waals surface area contributed by atoms with Crippen LogP contribution in [0.1, 0.15) is 26.5 Å². The molecule has 3 heterocycles. The molecule has 0 radical (unpaired) electrons. The van der Waals surface area contributed by atoms with Crippen LogP contribution in [0, 0.1) is 13.8 Å². The van der Waals surface area contributed by atoms with Gasteiger partial charge in [0.15, 0.2) is 5.67 Å². The van der Waals surface area contributed by atoms with Gasteiger partial charge in [0.25, 0.3) is 5.91 Å². The van der Waals surface area contributed by atoms with Crippen molar-refractivity contribution in [2.75, 3.05) is 24.6 Å².